The van der Waals surface area contributed by atoms with Crippen molar-refractivity contribution in [1.29, 1.82) is 0 Å². The minimum Gasteiger partial charge on any atom is -0.483 e. The first-order valence-corrected chi connectivity index (χ1v) is 14.4. The molecule has 1 heterocycles. The maximum absolute atomic E-state index is 7.11. The van der Waals surface area contributed by atoms with Crippen LogP contribution in [0.3, 0.4) is 0 Å². The fraction of sp³-hybridized carbons (Fsp3) is 0.355. The first kappa shape index (κ1) is 21.3. The number of thioether (sulfide) groups is 1. The number of allylic oxidation sites excluding steroid dienone is 10. The number of alkyl halides is 1. The van der Waals surface area contributed by atoms with Crippen molar-refractivity contribution in [2.75, 3.05) is 0 Å². The van der Waals surface area contributed by atoms with Crippen LogP contribution in [-0.2, 0) is 10.2 Å². The molecule has 0 amide bonds. The predicted molar refractivity (Wildman–Crippen MR) is 147 cm³/mol. The lowest BCUT2D eigenvalue weighted by molar-refractivity contribution is 0.167. The van der Waals surface area contributed by atoms with E-state index in [1.165, 1.54) is 56.7 Å². The average molecular weight is 530 g/mol. The van der Waals surface area contributed by atoms with E-state index in [4.69, 9.17) is 4.74 Å². The molecule has 0 bridgehead atoms. The van der Waals surface area contributed by atoms with Crippen LogP contribution in [0.4, 0.5) is 0 Å². The van der Waals surface area contributed by atoms with Gasteiger partial charge in [-0.25, -0.2) is 0 Å². The second-order valence-electron chi connectivity index (χ2n) is 10.7. The summed E-state index contributed by atoms with van der Waals surface area (Å²) in [5.74, 6) is 1.70. The van der Waals surface area contributed by atoms with Crippen molar-refractivity contribution >= 4 is 33.3 Å². The fourth-order valence-electron chi connectivity index (χ4n) is 6.72. The van der Waals surface area contributed by atoms with Crippen LogP contribution >= 0.6 is 27.7 Å². The lowest BCUT2D eigenvalue weighted by atomic mass is 9.77. The molecular weight excluding hydrogens is 500 g/mol. The van der Waals surface area contributed by atoms with Crippen molar-refractivity contribution in [1.82, 2.24) is 0 Å². The first-order chi connectivity index (χ1) is 16.5. The van der Waals surface area contributed by atoms with Crippen molar-refractivity contribution < 1.29 is 4.74 Å². The molecule has 3 heteroatoms. The van der Waals surface area contributed by atoms with Crippen LogP contribution in [0.1, 0.15) is 50.7 Å². The normalized spacial score (nSPS) is 32.5. The molecule has 1 aromatic rings. The molecule has 1 nitrogen and oxygen atoms in total. The average Bonchev–Trinajstić information content (AvgIpc) is 3.10. The van der Waals surface area contributed by atoms with Gasteiger partial charge in [-0.2, -0.15) is 0 Å². The van der Waals surface area contributed by atoms with Crippen molar-refractivity contribution in [2.45, 2.75) is 61.1 Å². The molecule has 1 aliphatic heterocycles. The van der Waals surface area contributed by atoms with Crippen LogP contribution in [0.25, 0.3) is 5.57 Å². The van der Waals surface area contributed by atoms with E-state index in [1.54, 1.807) is 0 Å². The van der Waals surface area contributed by atoms with E-state index < -0.39 is 0 Å². The van der Waals surface area contributed by atoms with Crippen molar-refractivity contribution in [3.63, 3.8) is 0 Å². The van der Waals surface area contributed by atoms with Gasteiger partial charge >= 0.3 is 0 Å². The Morgan fingerprint density at radius 2 is 1.94 bits per heavy atom. The smallest absolute Gasteiger partial charge is 0.140 e. The lowest BCUT2D eigenvalue weighted by Crippen LogP contribution is -2.34. The Morgan fingerprint density at radius 1 is 1.06 bits per heavy atom. The summed E-state index contributed by atoms with van der Waals surface area (Å²) in [6.07, 6.45) is 21.2. The molecule has 7 rings (SSSR count). The molecule has 172 valence electrons. The number of ether oxygens (including phenoxy) is 1. The van der Waals surface area contributed by atoms with Gasteiger partial charge in [0.2, 0.25) is 0 Å². The van der Waals surface area contributed by atoms with Crippen LogP contribution in [0.5, 0.6) is 0 Å². The molecule has 4 atom stereocenters. The van der Waals surface area contributed by atoms with E-state index >= 15 is 0 Å². The minimum absolute atomic E-state index is 0.0169. The predicted octanol–water partition coefficient (Wildman–Crippen LogP) is 8.33. The number of fused-ring (bicyclic) bond motifs is 6. The Kier molecular flexibility index (Phi) is 4.87. The number of benzene rings is 1. The summed E-state index contributed by atoms with van der Waals surface area (Å²) in [6.45, 7) is 4.72. The zero-order chi connectivity index (χ0) is 23.0. The molecule has 1 saturated heterocycles. The van der Waals surface area contributed by atoms with Gasteiger partial charge in [0.1, 0.15) is 11.9 Å². The molecule has 0 aromatic heterocycles. The van der Waals surface area contributed by atoms with Crippen LogP contribution in [-0.4, -0.2) is 16.2 Å². The SMILES string of the molecule is CC1(C)C2=C(c3ccccc31)C1OC3=C(C4=C5C=CCCC5C(Br)C=C4)CCC=C3SC1C=C2. The van der Waals surface area contributed by atoms with E-state index in [-0.39, 0.29) is 11.5 Å². The summed E-state index contributed by atoms with van der Waals surface area (Å²) < 4.78 is 7.11. The maximum Gasteiger partial charge on any atom is 0.140 e. The highest BCUT2D eigenvalue weighted by atomic mass is 79.9. The molecule has 4 unspecified atom stereocenters. The second-order valence-corrected chi connectivity index (χ2v) is 12.9. The topological polar surface area (TPSA) is 9.23 Å². The van der Waals surface area contributed by atoms with Crippen LogP contribution in [0.2, 0.25) is 0 Å². The lowest BCUT2D eigenvalue weighted by Gasteiger charge is -2.40. The third-order valence-electron chi connectivity index (χ3n) is 8.43. The zero-order valence-corrected chi connectivity index (χ0v) is 22.1. The summed E-state index contributed by atoms with van der Waals surface area (Å²) in [6, 6.07) is 8.95. The molecule has 1 fully saturated rings. The molecule has 34 heavy (non-hydrogen) atoms. The number of rotatable bonds is 1. The second kappa shape index (κ2) is 7.77. The Morgan fingerprint density at radius 3 is 2.85 bits per heavy atom. The van der Waals surface area contributed by atoms with Gasteiger partial charge in [0, 0.05) is 32.2 Å². The summed E-state index contributed by atoms with van der Waals surface area (Å²) in [5, 5.41) is 0.323. The van der Waals surface area contributed by atoms with Gasteiger partial charge < -0.3 is 4.74 Å². The minimum atomic E-state index is 0.0169. The highest BCUT2D eigenvalue weighted by Crippen LogP contribution is 2.56. The van der Waals surface area contributed by atoms with Crippen molar-refractivity contribution in [2.24, 2.45) is 5.92 Å². The largest absolute Gasteiger partial charge is 0.483 e. The van der Waals surface area contributed by atoms with Gasteiger partial charge in [-0.1, -0.05) is 96.6 Å². The summed E-state index contributed by atoms with van der Waals surface area (Å²) in [5.41, 5.74) is 9.97. The van der Waals surface area contributed by atoms with Crippen LogP contribution in [0.15, 0.2) is 99.8 Å². The highest BCUT2D eigenvalue weighted by molar-refractivity contribution is 9.09. The van der Waals surface area contributed by atoms with Gasteiger partial charge in [0.15, 0.2) is 0 Å². The van der Waals surface area contributed by atoms with Crippen LogP contribution in [0, 0.1) is 5.92 Å². The van der Waals surface area contributed by atoms with E-state index in [9.17, 15) is 0 Å². The molecule has 1 aromatic carbocycles. The molecule has 0 radical (unpaired) electrons. The summed E-state index contributed by atoms with van der Waals surface area (Å²) >= 11 is 5.93. The van der Waals surface area contributed by atoms with Gasteiger partial charge in [-0.05, 0) is 53.5 Å². The Labute approximate surface area is 215 Å². The quantitative estimate of drug-likeness (QED) is 0.338. The summed E-state index contributed by atoms with van der Waals surface area (Å²) in [4.78, 5) is 1.76. The van der Waals surface area contributed by atoms with Gasteiger partial charge in [-0.15, -0.1) is 11.8 Å². The molecule has 0 N–H and O–H groups in total. The highest BCUT2D eigenvalue weighted by Gasteiger charge is 2.47. The van der Waals surface area contributed by atoms with Crippen molar-refractivity contribution in [3.05, 3.63) is 111 Å². The van der Waals surface area contributed by atoms with Crippen molar-refractivity contribution in [3.8, 4) is 0 Å². The fourth-order valence-corrected chi connectivity index (χ4v) is 8.68. The zero-order valence-electron chi connectivity index (χ0n) is 19.7. The number of hydrogen-bond donors (Lipinski definition) is 0. The number of halogens is 1. The third kappa shape index (κ3) is 2.99. The maximum atomic E-state index is 7.11. The van der Waals surface area contributed by atoms with Crippen LogP contribution < -0.4 is 0 Å². The van der Waals surface area contributed by atoms with Gasteiger partial charge in [0.25, 0.3) is 0 Å². The monoisotopic (exact) mass is 528 g/mol. The molecular formula is C31H29BrOS. The Bertz CT molecular complexity index is 1310. The van der Waals surface area contributed by atoms with Gasteiger partial charge in [0.05, 0.1) is 5.25 Å². The third-order valence-corrected chi connectivity index (χ3v) is 10.7. The summed E-state index contributed by atoms with van der Waals surface area (Å²) in [7, 11) is 0. The van der Waals surface area contributed by atoms with E-state index in [0.29, 0.717) is 16.0 Å². The Hall–Kier alpha value is -1.97. The van der Waals surface area contributed by atoms with Gasteiger partial charge in [-0.3, -0.25) is 0 Å². The standard InChI is InChI=1S/C31H29BrOS/c1-31(2)23-12-6-5-10-22(23)28-24(31)15-17-27-30(28)33-29-21(11-7-13-26(29)34-27)19-14-16-25(32)20-9-4-3-8-18(19)20/h3,5-6,8,10,12-17,20,25,27,30H,4,7,9,11H2,1-2H3. The molecule has 5 aliphatic carbocycles. The van der Waals surface area contributed by atoms with E-state index in [1.807, 2.05) is 11.8 Å². The number of hydrogen-bond acceptors (Lipinski definition) is 2. The first-order valence-electron chi connectivity index (χ1n) is 12.6. The van der Waals surface area contributed by atoms with E-state index in [0.717, 1.165) is 18.6 Å². The molecule has 0 saturated carbocycles. The van der Waals surface area contributed by atoms with E-state index in [2.05, 4.69) is 96.6 Å². The molecule has 6 aliphatic rings. The molecule has 0 spiro atoms. The Balaban J connectivity index is 1.36.